The lowest BCUT2D eigenvalue weighted by Gasteiger charge is -2.37. The van der Waals surface area contributed by atoms with Crippen LogP contribution in [0.1, 0.15) is 39.5 Å². The third kappa shape index (κ3) is 2.02. The molecule has 0 radical (unpaired) electrons. The quantitative estimate of drug-likeness (QED) is 0.687. The SMILES string of the molecule is CC1CCCCC1[C@@](C)(N)C(=O)O. The average Bonchev–Trinajstić information content (AvgIpc) is 2.04. The number of rotatable bonds is 2. The van der Waals surface area contributed by atoms with Gasteiger partial charge in [-0.25, -0.2) is 0 Å². The zero-order chi connectivity index (χ0) is 10.1. The molecular formula is C10H19NO2. The van der Waals surface area contributed by atoms with Crippen LogP contribution in [0.3, 0.4) is 0 Å². The maximum atomic E-state index is 10.9. The van der Waals surface area contributed by atoms with Crippen LogP contribution in [0.4, 0.5) is 0 Å². The Hall–Kier alpha value is -0.570. The van der Waals surface area contributed by atoms with E-state index in [4.69, 9.17) is 10.8 Å². The molecule has 0 aliphatic heterocycles. The van der Waals surface area contributed by atoms with Gasteiger partial charge in [-0.1, -0.05) is 26.2 Å². The minimum absolute atomic E-state index is 0.138. The van der Waals surface area contributed by atoms with Gasteiger partial charge in [0, 0.05) is 0 Å². The molecule has 1 rings (SSSR count). The Labute approximate surface area is 79.3 Å². The van der Waals surface area contributed by atoms with E-state index in [-0.39, 0.29) is 5.92 Å². The van der Waals surface area contributed by atoms with Gasteiger partial charge in [0.05, 0.1) is 0 Å². The van der Waals surface area contributed by atoms with Crippen molar-refractivity contribution in [3.8, 4) is 0 Å². The minimum atomic E-state index is -1.04. The monoisotopic (exact) mass is 185 g/mol. The highest BCUT2D eigenvalue weighted by Gasteiger charge is 2.41. The van der Waals surface area contributed by atoms with Crippen molar-refractivity contribution in [2.75, 3.05) is 0 Å². The smallest absolute Gasteiger partial charge is 0.323 e. The van der Waals surface area contributed by atoms with Crippen molar-refractivity contribution in [3.05, 3.63) is 0 Å². The van der Waals surface area contributed by atoms with E-state index in [2.05, 4.69) is 6.92 Å². The molecule has 0 amide bonds. The van der Waals surface area contributed by atoms with Gasteiger partial charge in [0.2, 0.25) is 0 Å². The molecule has 0 spiro atoms. The van der Waals surface area contributed by atoms with Crippen molar-refractivity contribution < 1.29 is 9.90 Å². The number of hydrogen-bond acceptors (Lipinski definition) is 2. The molecule has 3 N–H and O–H groups in total. The van der Waals surface area contributed by atoms with Crippen LogP contribution in [0.15, 0.2) is 0 Å². The van der Waals surface area contributed by atoms with Gasteiger partial charge in [-0.15, -0.1) is 0 Å². The summed E-state index contributed by atoms with van der Waals surface area (Å²) in [6.45, 7) is 3.75. The van der Waals surface area contributed by atoms with E-state index in [9.17, 15) is 4.79 Å². The molecule has 1 fully saturated rings. The lowest BCUT2D eigenvalue weighted by atomic mass is 9.70. The molecule has 0 aromatic carbocycles. The molecule has 1 aliphatic carbocycles. The van der Waals surface area contributed by atoms with Gasteiger partial charge >= 0.3 is 5.97 Å². The average molecular weight is 185 g/mol. The van der Waals surface area contributed by atoms with Gasteiger partial charge in [-0.2, -0.15) is 0 Å². The lowest BCUT2D eigenvalue weighted by molar-refractivity contribution is -0.146. The molecule has 0 saturated heterocycles. The third-order valence-corrected chi connectivity index (χ3v) is 3.34. The predicted octanol–water partition coefficient (Wildman–Crippen LogP) is 1.61. The van der Waals surface area contributed by atoms with E-state index in [1.165, 1.54) is 6.42 Å². The molecule has 13 heavy (non-hydrogen) atoms. The molecule has 1 aliphatic rings. The molecule has 0 aromatic heterocycles. The third-order valence-electron chi connectivity index (χ3n) is 3.34. The van der Waals surface area contributed by atoms with Gasteiger partial charge < -0.3 is 10.8 Å². The molecule has 0 aromatic rings. The summed E-state index contributed by atoms with van der Waals surface area (Å²) in [5.41, 5.74) is 4.78. The van der Waals surface area contributed by atoms with Crippen LogP contribution in [0, 0.1) is 11.8 Å². The van der Waals surface area contributed by atoms with Crippen molar-refractivity contribution in [1.29, 1.82) is 0 Å². The molecule has 3 heteroatoms. The predicted molar refractivity (Wildman–Crippen MR) is 51.4 cm³/mol. The van der Waals surface area contributed by atoms with E-state index < -0.39 is 11.5 Å². The molecule has 0 heterocycles. The van der Waals surface area contributed by atoms with Crippen LogP contribution in [-0.4, -0.2) is 16.6 Å². The normalized spacial score (nSPS) is 33.8. The van der Waals surface area contributed by atoms with Gasteiger partial charge in [0.25, 0.3) is 0 Å². The highest BCUT2D eigenvalue weighted by Crippen LogP contribution is 2.35. The van der Waals surface area contributed by atoms with Crippen LogP contribution >= 0.6 is 0 Å². The van der Waals surface area contributed by atoms with E-state index in [1.54, 1.807) is 6.92 Å². The van der Waals surface area contributed by atoms with Crippen molar-refractivity contribution in [3.63, 3.8) is 0 Å². The van der Waals surface area contributed by atoms with Crippen LogP contribution in [0.25, 0.3) is 0 Å². The van der Waals surface area contributed by atoms with E-state index in [0.717, 1.165) is 19.3 Å². The summed E-state index contributed by atoms with van der Waals surface area (Å²) in [6.07, 6.45) is 4.41. The first-order valence-corrected chi connectivity index (χ1v) is 4.98. The standard InChI is InChI=1S/C10H19NO2/c1-7-5-3-4-6-8(7)10(2,11)9(12)13/h7-8H,3-6,11H2,1-2H3,(H,12,13)/t7?,8?,10-/m1/s1. The Morgan fingerprint density at radius 2 is 2.00 bits per heavy atom. The molecule has 2 unspecified atom stereocenters. The maximum absolute atomic E-state index is 10.9. The number of aliphatic carboxylic acids is 1. The fourth-order valence-electron chi connectivity index (χ4n) is 2.37. The number of carboxylic acid groups (broad SMARTS) is 1. The molecule has 1 saturated carbocycles. The van der Waals surface area contributed by atoms with Gasteiger partial charge in [0.15, 0.2) is 0 Å². The summed E-state index contributed by atoms with van der Waals surface area (Å²) in [5, 5.41) is 8.99. The zero-order valence-electron chi connectivity index (χ0n) is 8.42. The number of nitrogens with two attached hydrogens (primary N) is 1. The fraction of sp³-hybridized carbons (Fsp3) is 0.900. The number of carboxylic acids is 1. The molecule has 3 atom stereocenters. The number of carbonyl (C=O) groups is 1. The van der Waals surface area contributed by atoms with Crippen molar-refractivity contribution >= 4 is 5.97 Å². The molecule has 0 bridgehead atoms. The van der Waals surface area contributed by atoms with E-state index in [0.29, 0.717) is 5.92 Å². The minimum Gasteiger partial charge on any atom is -0.480 e. The second kappa shape index (κ2) is 3.66. The Morgan fingerprint density at radius 3 is 2.46 bits per heavy atom. The second-order valence-corrected chi connectivity index (χ2v) is 4.46. The zero-order valence-corrected chi connectivity index (χ0v) is 8.42. The van der Waals surface area contributed by atoms with Crippen molar-refractivity contribution in [2.24, 2.45) is 17.6 Å². The highest BCUT2D eigenvalue weighted by atomic mass is 16.4. The van der Waals surface area contributed by atoms with Gasteiger partial charge in [-0.05, 0) is 25.2 Å². The van der Waals surface area contributed by atoms with E-state index in [1.807, 2.05) is 0 Å². The number of hydrogen-bond donors (Lipinski definition) is 2. The first kappa shape index (κ1) is 10.5. The van der Waals surface area contributed by atoms with Gasteiger partial charge in [-0.3, -0.25) is 4.79 Å². The summed E-state index contributed by atoms with van der Waals surface area (Å²) >= 11 is 0. The summed E-state index contributed by atoms with van der Waals surface area (Å²) in [6, 6.07) is 0. The molecule has 3 nitrogen and oxygen atoms in total. The lowest BCUT2D eigenvalue weighted by Crippen LogP contribution is -2.54. The van der Waals surface area contributed by atoms with Crippen molar-refractivity contribution in [2.45, 2.75) is 45.1 Å². The molecular weight excluding hydrogens is 166 g/mol. The van der Waals surface area contributed by atoms with Gasteiger partial charge in [0.1, 0.15) is 5.54 Å². The Morgan fingerprint density at radius 1 is 1.46 bits per heavy atom. The first-order valence-electron chi connectivity index (χ1n) is 4.98. The highest BCUT2D eigenvalue weighted by molar-refractivity contribution is 5.78. The van der Waals surface area contributed by atoms with E-state index >= 15 is 0 Å². The first-order chi connectivity index (χ1) is 5.96. The fourth-order valence-corrected chi connectivity index (χ4v) is 2.37. The van der Waals surface area contributed by atoms with Crippen LogP contribution in [-0.2, 0) is 4.79 Å². The Balaban J connectivity index is 2.73. The largest absolute Gasteiger partial charge is 0.480 e. The van der Waals surface area contributed by atoms with Crippen LogP contribution in [0.5, 0.6) is 0 Å². The Kier molecular flexibility index (Phi) is 2.96. The maximum Gasteiger partial charge on any atom is 0.323 e. The Bertz CT molecular complexity index is 201. The summed E-state index contributed by atoms with van der Waals surface area (Å²) < 4.78 is 0. The van der Waals surface area contributed by atoms with Crippen LogP contribution in [0.2, 0.25) is 0 Å². The summed E-state index contributed by atoms with van der Waals surface area (Å²) in [7, 11) is 0. The topological polar surface area (TPSA) is 63.3 Å². The summed E-state index contributed by atoms with van der Waals surface area (Å²) in [4.78, 5) is 10.9. The van der Waals surface area contributed by atoms with Crippen LogP contribution < -0.4 is 5.73 Å². The second-order valence-electron chi connectivity index (χ2n) is 4.46. The molecule has 76 valence electrons. The summed E-state index contributed by atoms with van der Waals surface area (Å²) in [5.74, 6) is -0.287. The van der Waals surface area contributed by atoms with Crippen molar-refractivity contribution in [1.82, 2.24) is 0 Å².